The number of ketones is 1. The Kier molecular flexibility index (Phi) is 6.75. The maximum atomic E-state index is 12.8. The van der Waals surface area contributed by atoms with Crippen molar-refractivity contribution >= 4 is 11.8 Å². The number of hydrogen-bond donors (Lipinski definition) is 1. The highest BCUT2D eigenvalue weighted by atomic mass is 16.6. The number of carbonyl (C=O) groups excluding carboxylic acids is 2. The normalized spacial score (nSPS) is 16.0. The lowest BCUT2D eigenvalue weighted by Gasteiger charge is -2.22. The van der Waals surface area contributed by atoms with Crippen molar-refractivity contribution in [2.24, 2.45) is 0 Å². The van der Waals surface area contributed by atoms with Gasteiger partial charge in [-0.25, -0.2) is 4.79 Å². The fourth-order valence-corrected chi connectivity index (χ4v) is 3.77. The van der Waals surface area contributed by atoms with Crippen LogP contribution in [0, 0.1) is 6.92 Å². The number of esters is 1. The van der Waals surface area contributed by atoms with Gasteiger partial charge in [0.1, 0.15) is 18.1 Å². The molecule has 0 spiro atoms. The summed E-state index contributed by atoms with van der Waals surface area (Å²) in [6, 6.07) is 7.88. The van der Waals surface area contributed by atoms with Crippen LogP contribution in [0.2, 0.25) is 0 Å². The van der Waals surface area contributed by atoms with Crippen molar-refractivity contribution in [3.05, 3.63) is 52.3 Å². The largest absolute Gasteiger partial charge is 0.494 e. The van der Waals surface area contributed by atoms with Crippen LogP contribution in [0.5, 0.6) is 5.75 Å². The minimum absolute atomic E-state index is 0.0566. The van der Waals surface area contributed by atoms with Crippen molar-refractivity contribution in [1.82, 2.24) is 4.98 Å². The minimum atomic E-state index is -0.449. The Hall–Kier alpha value is -2.60. The summed E-state index contributed by atoms with van der Waals surface area (Å²) in [5.41, 5.74) is 3.57. The van der Waals surface area contributed by atoms with Gasteiger partial charge in [-0.1, -0.05) is 12.1 Å². The number of benzene rings is 1. The van der Waals surface area contributed by atoms with Gasteiger partial charge in [-0.3, -0.25) is 4.79 Å². The molecular formula is C23H29NO5. The number of nitrogens with one attached hydrogen (secondary N) is 1. The number of aromatic amines is 1. The van der Waals surface area contributed by atoms with E-state index in [1.165, 1.54) is 0 Å². The van der Waals surface area contributed by atoms with Crippen LogP contribution in [0.15, 0.2) is 24.3 Å². The van der Waals surface area contributed by atoms with E-state index in [9.17, 15) is 9.59 Å². The van der Waals surface area contributed by atoms with Gasteiger partial charge in [-0.2, -0.15) is 0 Å². The van der Waals surface area contributed by atoms with Gasteiger partial charge in [0.25, 0.3) is 0 Å². The highest BCUT2D eigenvalue weighted by Gasteiger charge is 2.32. The molecule has 156 valence electrons. The van der Waals surface area contributed by atoms with E-state index in [0.717, 1.165) is 17.0 Å². The van der Waals surface area contributed by atoms with Gasteiger partial charge in [0.15, 0.2) is 5.78 Å². The Bertz CT molecular complexity index is 866. The van der Waals surface area contributed by atoms with Crippen LogP contribution in [0.3, 0.4) is 0 Å². The smallest absolute Gasteiger partial charge is 0.355 e. The Morgan fingerprint density at radius 2 is 1.90 bits per heavy atom. The van der Waals surface area contributed by atoms with Crippen molar-refractivity contribution in [1.29, 1.82) is 0 Å². The molecule has 1 atom stereocenters. The van der Waals surface area contributed by atoms with E-state index in [4.69, 9.17) is 14.2 Å². The zero-order valence-corrected chi connectivity index (χ0v) is 17.5. The van der Waals surface area contributed by atoms with Gasteiger partial charge in [-0.15, -0.1) is 0 Å². The maximum absolute atomic E-state index is 12.8. The number of H-pyrrole nitrogens is 1. The molecule has 0 aliphatic heterocycles. The summed E-state index contributed by atoms with van der Waals surface area (Å²) in [6.45, 7) is 8.75. The molecule has 0 amide bonds. The molecule has 6 nitrogen and oxygen atoms in total. The van der Waals surface area contributed by atoms with Crippen LogP contribution >= 0.6 is 0 Å². The fourth-order valence-electron chi connectivity index (χ4n) is 3.77. The predicted molar refractivity (Wildman–Crippen MR) is 110 cm³/mol. The van der Waals surface area contributed by atoms with Crippen molar-refractivity contribution in [3.63, 3.8) is 0 Å². The lowest BCUT2D eigenvalue weighted by atomic mass is 9.81. The van der Waals surface area contributed by atoms with Crippen LogP contribution in [0.1, 0.15) is 70.8 Å². The number of hydrogen-bond acceptors (Lipinski definition) is 5. The number of carbonyl (C=O) groups is 2. The molecule has 0 saturated carbocycles. The van der Waals surface area contributed by atoms with Gasteiger partial charge >= 0.3 is 5.97 Å². The molecule has 0 unspecified atom stereocenters. The molecule has 1 aromatic heterocycles. The highest BCUT2D eigenvalue weighted by molar-refractivity contribution is 6.03. The first-order valence-electron chi connectivity index (χ1n) is 10.2. The second-order valence-electron chi connectivity index (χ2n) is 7.56. The molecule has 0 bridgehead atoms. The van der Waals surface area contributed by atoms with Gasteiger partial charge < -0.3 is 19.2 Å². The summed E-state index contributed by atoms with van der Waals surface area (Å²) in [4.78, 5) is 28.4. The fraction of sp³-hybridized carbons (Fsp3) is 0.478. The third-order valence-corrected chi connectivity index (χ3v) is 5.12. The SMILES string of the molecule is CCOc1ccc([C@@H]2CC(=O)c3c([nH]c(C(=O)OCCOC(C)C)c3C)C2)cc1. The molecule has 29 heavy (non-hydrogen) atoms. The third kappa shape index (κ3) is 4.88. The first-order chi connectivity index (χ1) is 13.9. The lowest BCUT2D eigenvalue weighted by Crippen LogP contribution is -2.18. The first kappa shape index (κ1) is 21.1. The van der Waals surface area contributed by atoms with Crippen LogP contribution in [-0.4, -0.2) is 42.7 Å². The van der Waals surface area contributed by atoms with Crippen LogP contribution < -0.4 is 4.74 Å². The standard InChI is InChI=1S/C23H29NO5/c1-5-27-18-8-6-16(7-9-18)17-12-19-21(20(25)13-17)15(4)22(24-19)23(26)29-11-10-28-14(2)3/h6-9,14,17,24H,5,10-13H2,1-4H3/t17-/m0/s1. The second kappa shape index (κ2) is 9.27. The monoisotopic (exact) mass is 399 g/mol. The number of Topliss-reactive ketones (excluding diaryl/α,β-unsaturated/α-hetero) is 1. The number of rotatable bonds is 8. The molecule has 1 aliphatic carbocycles. The van der Waals surface area contributed by atoms with E-state index < -0.39 is 5.97 Å². The van der Waals surface area contributed by atoms with E-state index in [1.54, 1.807) is 6.92 Å². The molecule has 1 aromatic carbocycles. The quantitative estimate of drug-likeness (QED) is 0.531. The van der Waals surface area contributed by atoms with Gasteiger partial charge in [0.2, 0.25) is 0 Å². The van der Waals surface area contributed by atoms with Crippen molar-refractivity contribution in [2.75, 3.05) is 19.8 Å². The van der Waals surface area contributed by atoms with E-state index in [0.29, 0.717) is 42.9 Å². The Morgan fingerprint density at radius 1 is 1.17 bits per heavy atom. The van der Waals surface area contributed by atoms with E-state index >= 15 is 0 Å². The summed E-state index contributed by atoms with van der Waals surface area (Å²) in [5, 5.41) is 0. The average molecular weight is 399 g/mol. The molecule has 1 aliphatic rings. The molecule has 1 N–H and O–H groups in total. The molecule has 2 aromatic rings. The molecular weight excluding hydrogens is 370 g/mol. The van der Waals surface area contributed by atoms with E-state index in [-0.39, 0.29) is 24.4 Å². The highest BCUT2D eigenvalue weighted by Crippen LogP contribution is 2.35. The predicted octanol–water partition coefficient (Wildman–Crippen LogP) is 4.22. The number of fused-ring (bicyclic) bond motifs is 1. The van der Waals surface area contributed by atoms with Crippen molar-refractivity contribution < 1.29 is 23.8 Å². The molecule has 0 radical (unpaired) electrons. The Labute approximate surface area is 171 Å². The minimum Gasteiger partial charge on any atom is -0.494 e. The molecule has 0 saturated heterocycles. The summed E-state index contributed by atoms with van der Waals surface area (Å²) >= 11 is 0. The summed E-state index contributed by atoms with van der Waals surface area (Å²) in [6.07, 6.45) is 1.20. The van der Waals surface area contributed by atoms with Crippen molar-refractivity contribution in [3.8, 4) is 5.75 Å². The lowest BCUT2D eigenvalue weighted by molar-refractivity contribution is 0.0172. The molecule has 3 rings (SSSR count). The zero-order valence-electron chi connectivity index (χ0n) is 17.5. The Morgan fingerprint density at radius 3 is 2.55 bits per heavy atom. The van der Waals surface area contributed by atoms with Gasteiger partial charge in [0, 0.05) is 17.7 Å². The summed E-state index contributed by atoms with van der Waals surface area (Å²) < 4.78 is 16.2. The molecule has 6 heteroatoms. The zero-order chi connectivity index (χ0) is 21.0. The van der Waals surface area contributed by atoms with E-state index in [1.807, 2.05) is 45.0 Å². The van der Waals surface area contributed by atoms with Crippen molar-refractivity contribution in [2.45, 2.75) is 52.6 Å². The van der Waals surface area contributed by atoms with E-state index in [2.05, 4.69) is 4.98 Å². The summed E-state index contributed by atoms with van der Waals surface area (Å²) in [7, 11) is 0. The van der Waals surface area contributed by atoms with Gasteiger partial charge in [0.05, 0.1) is 19.3 Å². The number of ether oxygens (including phenoxy) is 3. The topological polar surface area (TPSA) is 77.6 Å². The second-order valence-corrected chi connectivity index (χ2v) is 7.56. The Balaban J connectivity index is 1.72. The average Bonchev–Trinajstić information content (AvgIpc) is 3.03. The van der Waals surface area contributed by atoms with Crippen LogP contribution in [-0.2, 0) is 15.9 Å². The maximum Gasteiger partial charge on any atom is 0.355 e. The summed E-state index contributed by atoms with van der Waals surface area (Å²) in [5.74, 6) is 0.504. The third-order valence-electron chi connectivity index (χ3n) is 5.12. The molecule has 0 fully saturated rings. The van der Waals surface area contributed by atoms with Crippen LogP contribution in [0.25, 0.3) is 0 Å². The van der Waals surface area contributed by atoms with Crippen LogP contribution in [0.4, 0.5) is 0 Å². The molecule has 1 heterocycles. The first-order valence-corrected chi connectivity index (χ1v) is 10.2. The van der Waals surface area contributed by atoms with Gasteiger partial charge in [-0.05, 0) is 63.3 Å². The number of aromatic nitrogens is 1.